The molecule has 0 aromatic carbocycles. The summed E-state index contributed by atoms with van der Waals surface area (Å²) in [5, 5.41) is 16.2. The van der Waals surface area contributed by atoms with Crippen molar-refractivity contribution in [1.29, 1.82) is 0 Å². The first-order valence-electron chi connectivity index (χ1n) is 27.8. The number of aromatic nitrogens is 6. The maximum atomic E-state index is 13.5. The van der Waals surface area contributed by atoms with E-state index in [1.807, 2.05) is 0 Å². The molecule has 10 fully saturated rings. The molecule has 3 aromatic rings. The Kier molecular flexibility index (Phi) is 36.2. The van der Waals surface area contributed by atoms with Crippen LogP contribution >= 0.6 is 57.6 Å². The number of alkyl halides is 1. The van der Waals surface area contributed by atoms with Crippen LogP contribution in [-0.2, 0) is 52.2 Å². The second-order valence-corrected chi connectivity index (χ2v) is 23.2. The summed E-state index contributed by atoms with van der Waals surface area (Å²) in [5.74, 6) is -1.84. The van der Waals surface area contributed by atoms with Gasteiger partial charge in [-0.15, -0.1) is 12.4 Å². The zero-order chi connectivity index (χ0) is 56.4. The number of aliphatic hydroxyl groups excluding tert-OH is 2. The summed E-state index contributed by atoms with van der Waals surface area (Å²) in [5.41, 5.74) is 0.903. The number of Topliss-reactive ketones (excluding diaryl/α,β-unsaturated/α-hetero) is 2. The molecule has 0 amide bonds. The van der Waals surface area contributed by atoms with Gasteiger partial charge in [0, 0.05) is 159 Å². The first-order valence-corrected chi connectivity index (χ1v) is 30.2. The molecule has 19 nitrogen and oxygen atoms in total. The molecule has 455 valence electrons. The summed E-state index contributed by atoms with van der Waals surface area (Å²) >= 11 is 4.29. The van der Waals surface area contributed by atoms with Crippen LogP contribution in [0.5, 0.6) is 0 Å². The van der Waals surface area contributed by atoms with Gasteiger partial charge in [0.15, 0.2) is 26.8 Å². The van der Waals surface area contributed by atoms with Crippen LogP contribution < -0.4 is 29.6 Å². The number of hydrogen-bond acceptors (Lipinski definition) is 19. The van der Waals surface area contributed by atoms with E-state index in [9.17, 15) is 27.9 Å². The van der Waals surface area contributed by atoms with Crippen LogP contribution in [0.3, 0.4) is 0 Å². The van der Waals surface area contributed by atoms with Crippen molar-refractivity contribution >= 4 is 77.6 Å². The quantitative estimate of drug-likeness (QED) is 0.163. The Labute approximate surface area is 539 Å². The first kappa shape index (κ1) is 75.0. The summed E-state index contributed by atoms with van der Waals surface area (Å²) in [6.45, 7) is 7.75. The van der Waals surface area contributed by atoms with Gasteiger partial charge in [0.2, 0.25) is 17.8 Å². The van der Waals surface area contributed by atoms with Crippen molar-refractivity contribution in [3.05, 3.63) is 70.1 Å². The normalized spacial score (nSPS) is 24.3. The second kappa shape index (κ2) is 39.6. The molecular formula is C55H81BClF3I2N6NaO13. The molecule has 2 N–H and O–H groups in total. The number of carbonyl (C=O) groups is 2. The van der Waals surface area contributed by atoms with Crippen LogP contribution in [0.2, 0.25) is 0 Å². The molecule has 0 unspecified atom stereocenters. The minimum absolute atomic E-state index is 0. The SMILES string of the molecule is C1CCOC1.CO.Cl.Fc1nccnc1C1CCC2(CC1)OCCO2.Fc1nccnc1I.IC1CCC2(CC1)OCCO2.O=C1CCC(c2nccnc2F)CC1.O=C1CCC2(CC1)OCCO2.OC1CCC2(CC1)OCCO2.[B].[H-].[Na+]. The maximum Gasteiger partial charge on any atom is 1.00 e. The Bertz CT molecular complexity index is 2180. The van der Waals surface area contributed by atoms with E-state index < -0.39 is 23.6 Å². The number of halogens is 6. The molecule has 5 saturated carbocycles. The molecule has 0 bridgehead atoms. The number of ketones is 2. The van der Waals surface area contributed by atoms with Gasteiger partial charge in [-0.25, -0.2) is 19.9 Å². The van der Waals surface area contributed by atoms with Gasteiger partial charge in [-0.3, -0.25) is 19.6 Å². The molecule has 3 aromatic heterocycles. The summed E-state index contributed by atoms with van der Waals surface area (Å²) < 4.78 is 89.4. The van der Waals surface area contributed by atoms with E-state index in [-0.39, 0.29) is 92.9 Å². The van der Waals surface area contributed by atoms with Gasteiger partial charge in [0.1, 0.15) is 11.6 Å². The molecule has 5 saturated heterocycles. The average molecular weight is 1410 g/mol. The summed E-state index contributed by atoms with van der Waals surface area (Å²) in [4.78, 5) is 44.1. The van der Waals surface area contributed by atoms with Crippen LogP contribution in [0.1, 0.15) is 166 Å². The molecule has 3 radical (unpaired) electrons. The van der Waals surface area contributed by atoms with Crippen molar-refractivity contribution in [2.45, 2.75) is 186 Å². The molecule has 0 atom stereocenters. The molecule has 5 aliphatic heterocycles. The first-order chi connectivity index (χ1) is 38.3. The van der Waals surface area contributed by atoms with Crippen LogP contribution in [-0.4, -0.2) is 166 Å². The standard InChI is InChI=1S/C12H15FN2O2.C10H11FN2O.C8H13IO2.C8H14O3.C8H12O3.C4H2FIN2.C4H8O.CH4O.B.ClH.Na.H/c13-11-10(14-5-6-15-11)9-1-3-12(4-2-9)16-7-8-17-12;11-10-9(12-5-6-13-10)7-1-3-8(14)4-2-7;3*9-7-1-3-8(4-2-7)10-5-6-11-8;5-3-4(6)8-2-1-7-3;1-2-4-5-3-1;1-2;;;;/h5-6,9H,1-4,7-8H2;5-7H,1-4H2;7H,1-6H2;7,9H,1-6H2;1-6H2;1-2H;1-4H2;2H,1H3;;1H;;/q;;;;;;;;;;+1;-1. The van der Waals surface area contributed by atoms with Crippen LogP contribution in [0.15, 0.2) is 37.2 Å². The zero-order valence-electron chi connectivity index (χ0n) is 48.3. The third kappa shape index (κ3) is 24.7. The van der Waals surface area contributed by atoms with E-state index in [1.54, 1.807) is 28.8 Å². The van der Waals surface area contributed by atoms with Crippen LogP contribution in [0.25, 0.3) is 0 Å². The molecule has 4 spiro atoms. The van der Waals surface area contributed by atoms with Gasteiger partial charge < -0.3 is 54.3 Å². The van der Waals surface area contributed by atoms with Crippen molar-refractivity contribution in [1.82, 2.24) is 29.9 Å². The van der Waals surface area contributed by atoms with E-state index >= 15 is 0 Å². The number of aliphatic hydroxyl groups is 2. The Hall–Kier alpha value is -1.26. The number of carbonyl (C=O) groups excluding carboxylic acids is 2. The Balaban J connectivity index is 0.000000333. The number of nitrogens with zero attached hydrogens (tertiary/aromatic N) is 6. The molecule has 13 rings (SSSR count). The van der Waals surface area contributed by atoms with E-state index in [4.69, 9.17) is 47.7 Å². The number of ether oxygens (including phenoxy) is 9. The zero-order valence-corrected chi connectivity index (χ0v) is 54.5. The third-order valence-electron chi connectivity index (χ3n) is 15.1. The summed E-state index contributed by atoms with van der Waals surface area (Å²) in [7, 11) is 1.00. The predicted octanol–water partition coefficient (Wildman–Crippen LogP) is 6.29. The predicted molar refractivity (Wildman–Crippen MR) is 311 cm³/mol. The van der Waals surface area contributed by atoms with Crippen molar-refractivity contribution in [3.8, 4) is 0 Å². The fraction of sp³-hybridized carbons (Fsp3) is 0.745. The van der Waals surface area contributed by atoms with Gasteiger partial charge in [-0.2, -0.15) is 13.2 Å². The van der Waals surface area contributed by atoms with Gasteiger partial charge in [-0.1, -0.05) is 22.6 Å². The monoisotopic (exact) mass is 1410 g/mol. The van der Waals surface area contributed by atoms with Crippen LogP contribution in [0.4, 0.5) is 13.2 Å². The largest absolute Gasteiger partial charge is 1.00 e. The van der Waals surface area contributed by atoms with Crippen LogP contribution in [0, 0.1) is 21.5 Å². The fourth-order valence-corrected chi connectivity index (χ4v) is 11.6. The maximum absolute atomic E-state index is 13.5. The average Bonchev–Trinajstić information content (AvgIpc) is 4.43. The van der Waals surface area contributed by atoms with Crippen molar-refractivity contribution in [2.75, 3.05) is 73.2 Å². The second-order valence-electron chi connectivity index (χ2n) is 20.4. The summed E-state index contributed by atoms with van der Waals surface area (Å²) in [6, 6.07) is 0. The van der Waals surface area contributed by atoms with E-state index in [0.29, 0.717) is 85.8 Å². The molecule has 5 aliphatic carbocycles. The van der Waals surface area contributed by atoms with E-state index in [1.165, 1.54) is 56.7 Å². The number of hydrogen-bond donors (Lipinski definition) is 2. The minimum atomic E-state index is -0.506. The minimum Gasteiger partial charge on any atom is -1.00 e. The molecule has 8 heterocycles. The van der Waals surface area contributed by atoms with Gasteiger partial charge in [-0.05, 0) is 86.8 Å². The molecular weight excluding hydrogens is 1330 g/mol. The Morgan fingerprint density at radius 2 is 0.793 bits per heavy atom. The smallest absolute Gasteiger partial charge is 1.00 e. The fourth-order valence-electron chi connectivity index (χ4n) is 10.7. The van der Waals surface area contributed by atoms with E-state index in [2.05, 4.69) is 52.5 Å². The molecule has 10 aliphatic rings. The Morgan fingerprint density at radius 1 is 0.476 bits per heavy atom. The van der Waals surface area contributed by atoms with Gasteiger partial charge in [0.05, 0.1) is 70.3 Å². The van der Waals surface area contributed by atoms with Gasteiger partial charge in [0.25, 0.3) is 0 Å². The van der Waals surface area contributed by atoms with Gasteiger partial charge >= 0.3 is 29.6 Å². The third-order valence-corrected chi connectivity index (χ3v) is 17.0. The van der Waals surface area contributed by atoms with Crippen molar-refractivity contribution in [3.63, 3.8) is 0 Å². The van der Waals surface area contributed by atoms with Crippen molar-refractivity contribution in [2.24, 2.45) is 0 Å². The molecule has 27 heteroatoms. The Morgan fingerprint density at radius 3 is 1.13 bits per heavy atom. The van der Waals surface area contributed by atoms with E-state index in [0.717, 1.165) is 128 Å². The van der Waals surface area contributed by atoms with Crippen molar-refractivity contribution < 1.29 is 107 Å². The topological polar surface area (TPSA) is 235 Å². The molecule has 82 heavy (non-hydrogen) atoms. The number of rotatable bonds is 2. The summed E-state index contributed by atoms with van der Waals surface area (Å²) in [6.07, 6.45) is 27.6.